The molecule has 108 valence electrons. The number of halogens is 3. The second-order valence-corrected chi connectivity index (χ2v) is 5.87. The zero-order chi connectivity index (χ0) is 13.5. The van der Waals surface area contributed by atoms with Gasteiger partial charge in [-0.1, -0.05) is 30.1 Å². The van der Waals surface area contributed by atoms with Crippen molar-refractivity contribution in [2.45, 2.75) is 11.8 Å². The Kier molecular flexibility index (Phi) is 9.66. The Morgan fingerprint density at radius 2 is 2.16 bits per heavy atom. The van der Waals surface area contributed by atoms with Crippen molar-refractivity contribution in [3.05, 3.63) is 28.2 Å². The molecule has 19 heavy (non-hydrogen) atoms. The maximum atomic E-state index is 11.6. The van der Waals surface area contributed by atoms with E-state index >= 15 is 0 Å². The number of carbonyl (C=O) groups is 1. The van der Waals surface area contributed by atoms with Crippen LogP contribution in [0.5, 0.6) is 0 Å². The Morgan fingerprint density at radius 1 is 1.47 bits per heavy atom. The van der Waals surface area contributed by atoms with E-state index in [9.17, 15) is 4.79 Å². The molecule has 3 nitrogen and oxygen atoms in total. The van der Waals surface area contributed by atoms with Crippen LogP contribution >= 0.6 is 47.4 Å². The van der Waals surface area contributed by atoms with Crippen LogP contribution in [0.15, 0.2) is 23.1 Å². The van der Waals surface area contributed by atoms with E-state index in [-0.39, 0.29) is 24.2 Å². The molecule has 0 fully saturated rings. The fraction of sp³-hybridized carbons (Fsp3) is 0.417. The van der Waals surface area contributed by atoms with Crippen LogP contribution in [-0.4, -0.2) is 24.7 Å². The molecule has 0 aliphatic rings. The SMILES string of the molecule is CC(CN)CNC(=O)CSc1cc(Cl)ccc1Cl.Cl. The summed E-state index contributed by atoms with van der Waals surface area (Å²) in [6, 6.07) is 5.20. The van der Waals surface area contributed by atoms with E-state index in [1.807, 2.05) is 6.92 Å². The molecule has 3 N–H and O–H groups in total. The fourth-order valence-electron chi connectivity index (χ4n) is 1.15. The molecule has 0 aliphatic carbocycles. The molecule has 0 aromatic heterocycles. The lowest BCUT2D eigenvalue weighted by molar-refractivity contribution is -0.118. The predicted molar refractivity (Wildman–Crippen MR) is 85.7 cm³/mol. The number of nitrogens with two attached hydrogens (primary N) is 1. The van der Waals surface area contributed by atoms with Crippen molar-refractivity contribution < 1.29 is 4.79 Å². The van der Waals surface area contributed by atoms with Gasteiger partial charge >= 0.3 is 0 Å². The third-order valence-electron chi connectivity index (χ3n) is 2.30. The van der Waals surface area contributed by atoms with Crippen molar-refractivity contribution >= 4 is 53.3 Å². The highest BCUT2D eigenvalue weighted by Crippen LogP contribution is 2.29. The molecule has 0 spiro atoms. The molecule has 0 aliphatic heterocycles. The molecular formula is C12H17Cl3N2OS. The van der Waals surface area contributed by atoms with Crippen LogP contribution in [0, 0.1) is 5.92 Å². The summed E-state index contributed by atoms with van der Waals surface area (Å²) in [4.78, 5) is 12.4. The normalized spacial score (nSPS) is 11.6. The summed E-state index contributed by atoms with van der Waals surface area (Å²) < 4.78 is 0. The van der Waals surface area contributed by atoms with Gasteiger partial charge in [0.05, 0.1) is 10.8 Å². The van der Waals surface area contributed by atoms with Gasteiger partial charge in [-0.25, -0.2) is 0 Å². The van der Waals surface area contributed by atoms with E-state index in [0.717, 1.165) is 4.90 Å². The first kappa shape index (κ1) is 18.9. The maximum Gasteiger partial charge on any atom is 0.230 e. The molecule has 0 saturated heterocycles. The number of hydrogen-bond donors (Lipinski definition) is 2. The van der Waals surface area contributed by atoms with Crippen LogP contribution in [0.25, 0.3) is 0 Å². The van der Waals surface area contributed by atoms with Crippen molar-refractivity contribution in [2.24, 2.45) is 11.7 Å². The van der Waals surface area contributed by atoms with Gasteiger partial charge in [0, 0.05) is 16.5 Å². The van der Waals surface area contributed by atoms with Crippen LogP contribution in [0.1, 0.15) is 6.92 Å². The molecule has 1 aromatic rings. The topological polar surface area (TPSA) is 55.1 Å². The minimum absolute atomic E-state index is 0. The Hall–Kier alpha value is -0.130. The standard InChI is InChI=1S/C12H16Cl2N2OS.ClH/c1-8(5-15)6-16-12(17)7-18-11-4-9(13)2-3-10(11)14;/h2-4,8H,5-7,15H2,1H3,(H,16,17);1H. The van der Waals surface area contributed by atoms with Crippen LogP contribution in [0.4, 0.5) is 0 Å². The van der Waals surface area contributed by atoms with E-state index in [4.69, 9.17) is 28.9 Å². The molecule has 7 heteroatoms. The number of rotatable bonds is 6. The average Bonchev–Trinajstić information content (AvgIpc) is 2.36. The van der Waals surface area contributed by atoms with Crippen molar-refractivity contribution in [3.8, 4) is 0 Å². The number of carbonyl (C=O) groups excluding carboxylic acids is 1. The Labute approximate surface area is 134 Å². The molecule has 0 radical (unpaired) electrons. The van der Waals surface area contributed by atoms with Crippen LogP contribution in [-0.2, 0) is 4.79 Å². The summed E-state index contributed by atoms with van der Waals surface area (Å²) in [5.74, 6) is 0.571. The van der Waals surface area contributed by atoms with Gasteiger partial charge < -0.3 is 11.1 Å². The number of amides is 1. The van der Waals surface area contributed by atoms with Gasteiger partial charge in [-0.3, -0.25) is 4.79 Å². The lowest BCUT2D eigenvalue weighted by Crippen LogP contribution is -2.32. The largest absolute Gasteiger partial charge is 0.355 e. The van der Waals surface area contributed by atoms with Gasteiger partial charge in [0.2, 0.25) is 5.91 Å². The summed E-state index contributed by atoms with van der Waals surface area (Å²) in [6.07, 6.45) is 0. The average molecular weight is 344 g/mol. The minimum atomic E-state index is -0.0312. The van der Waals surface area contributed by atoms with Gasteiger partial charge in [0.1, 0.15) is 0 Å². The van der Waals surface area contributed by atoms with Crippen molar-refractivity contribution in [2.75, 3.05) is 18.8 Å². The van der Waals surface area contributed by atoms with Crippen molar-refractivity contribution in [3.63, 3.8) is 0 Å². The number of thioether (sulfide) groups is 1. The number of nitrogens with one attached hydrogen (secondary N) is 1. The maximum absolute atomic E-state index is 11.6. The van der Waals surface area contributed by atoms with E-state index in [1.165, 1.54) is 11.8 Å². The van der Waals surface area contributed by atoms with Gasteiger partial charge in [0.25, 0.3) is 0 Å². The van der Waals surface area contributed by atoms with E-state index in [1.54, 1.807) is 18.2 Å². The molecule has 1 aromatic carbocycles. The first-order valence-corrected chi connectivity index (χ1v) is 7.31. The fourth-order valence-corrected chi connectivity index (χ4v) is 2.48. The van der Waals surface area contributed by atoms with Gasteiger partial charge in [-0.15, -0.1) is 24.2 Å². The number of hydrogen-bond acceptors (Lipinski definition) is 3. The number of benzene rings is 1. The van der Waals surface area contributed by atoms with Gasteiger partial charge in [-0.05, 0) is 30.7 Å². The highest BCUT2D eigenvalue weighted by molar-refractivity contribution is 8.00. The third-order valence-corrected chi connectivity index (χ3v) is 4.03. The Bertz CT molecular complexity index is 418. The Morgan fingerprint density at radius 3 is 2.79 bits per heavy atom. The first-order chi connectivity index (χ1) is 8.52. The van der Waals surface area contributed by atoms with Gasteiger partial charge in [-0.2, -0.15) is 0 Å². The Balaban J connectivity index is 0.00000324. The quantitative estimate of drug-likeness (QED) is 0.780. The van der Waals surface area contributed by atoms with E-state index in [2.05, 4.69) is 5.32 Å². The van der Waals surface area contributed by atoms with E-state index in [0.29, 0.717) is 28.9 Å². The molecule has 1 unspecified atom stereocenters. The lowest BCUT2D eigenvalue weighted by Gasteiger charge is -2.10. The smallest absolute Gasteiger partial charge is 0.230 e. The molecule has 0 heterocycles. The predicted octanol–water partition coefficient (Wildman–Crippen LogP) is 3.22. The molecule has 1 atom stereocenters. The summed E-state index contributed by atoms with van der Waals surface area (Å²) >= 11 is 13.2. The summed E-state index contributed by atoms with van der Waals surface area (Å²) in [5, 5.41) is 4.04. The van der Waals surface area contributed by atoms with Crippen molar-refractivity contribution in [1.82, 2.24) is 5.32 Å². The zero-order valence-electron chi connectivity index (χ0n) is 10.5. The zero-order valence-corrected chi connectivity index (χ0v) is 13.6. The van der Waals surface area contributed by atoms with Crippen LogP contribution in [0.2, 0.25) is 10.0 Å². The summed E-state index contributed by atoms with van der Waals surface area (Å²) in [7, 11) is 0. The van der Waals surface area contributed by atoms with Crippen LogP contribution < -0.4 is 11.1 Å². The molecule has 0 bridgehead atoms. The highest BCUT2D eigenvalue weighted by atomic mass is 35.5. The monoisotopic (exact) mass is 342 g/mol. The van der Waals surface area contributed by atoms with Crippen molar-refractivity contribution in [1.29, 1.82) is 0 Å². The molecule has 0 saturated carbocycles. The third kappa shape index (κ3) is 7.28. The highest BCUT2D eigenvalue weighted by Gasteiger charge is 2.07. The molecule has 1 amide bonds. The van der Waals surface area contributed by atoms with Crippen LogP contribution in [0.3, 0.4) is 0 Å². The van der Waals surface area contributed by atoms with Gasteiger partial charge in [0.15, 0.2) is 0 Å². The second kappa shape index (κ2) is 9.72. The molecule has 1 rings (SSSR count). The van der Waals surface area contributed by atoms with E-state index < -0.39 is 0 Å². The molecular weight excluding hydrogens is 327 g/mol. The summed E-state index contributed by atoms with van der Waals surface area (Å²) in [6.45, 7) is 3.15. The first-order valence-electron chi connectivity index (χ1n) is 5.57. The summed E-state index contributed by atoms with van der Waals surface area (Å²) in [5.41, 5.74) is 5.47. The minimum Gasteiger partial charge on any atom is -0.355 e. The second-order valence-electron chi connectivity index (χ2n) is 4.01. The lowest BCUT2D eigenvalue weighted by atomic mass is 10.2.